The molecule has 1 unspecified atom stereocenters. The third-order valence-corrected chi connectivity index (χ3v) is 3.48. The van der Waals surface area contributed by atoms with E-state index >= 15 is 0 Å². The second kappa shape index (κ2) is 5.37. The Hall–Kier alpha value is -2.29. The Morgan fingerprint density at radius 3 is 2.60 bits per heavy atom. The number of carbonyl (C=O) groups excluding carboxylic acids is 1. The highest BCUT2D eigenvalue weighted by molar-refractivity contribution is 5.99. The zero-order valence-corrected chi connectivity index (χ0v) is 11.4. The first-order valence-electron chi connectivity index (χ1n) is 6.92. The second-order valence-corrected chi connectivity index (χ2v) is 4.91. The monoisotopic (exact) mass is 267 g/mol. The Balaban J connectivity index is 1.86. The molecule has 2 aromatic rings. The second-order valence-electron chi connectivity index (χ2n) is 4.91. The van der Waals surface area contributed by atoms with E-state index in [1.54, 1.807) is 0 Å². The van der Waals surface area contributed by atoms with Crippen LogP contribution in [0.1, 0.15) is 40.9 Å². The van der Waals surface area contributed by atoms with Crippen molar-refractivity contribution < 1.29 is 9.53 Å². The number of amides is 1. The van der Waals surface area contributed by atoms with Crippen LogP contribution >= 0.6 is 0 Å². The molecule has 1 heterocycles. The number of rotatable bonds is 4. The maximum absolute atomic E-state index is 11.9. The molecule has 0 bridgehead atoms. The molecular formula is C17H17NO2. The lowest BCUT2D eigenvalue weighted by Gasteiger charge is -2.13. The van der Waals surface area contributed by atoms with E-state index in [1.165, 1.54) is 0 Å². The van der Waals surface area contributed by atoms with Crippen molar-refractivity contribution in [2.75, 3.05) is 6.61 Å². The van der Waals surface area contributed by atoms with E-state index in [-0.39, 0.29) is 11.9 Å². The number of hydrogen-bond acceptors (Lipinski definition) is 2. The Bertz CT molecular complexity index is 619. The zero-order valence-electron chi connectivity index (χ0n) is 11.4. The van der Waals surface area contributed by atoms with Crippen LogP contribution in [0.4, 0.5) is 0 Å². The first-order valence-corrected chi connectivity index (χ1v) is 6.92. The summed E-state index contributed by atoms with van der Waals surface area (Å²) >= 11 is 0. The fraction of sp³-hybridized carbons (Fsp3) is 0.235. The maximum Gasteiger partial charge on any atom is 0.252 e. The molecule has 1 aliphatic heterocycles. The van der Waals surface area contributed by atoms with Crippen LogP contribution < -0.4 is 10.1 Å². The minimum absolute atomic E-state index is 0.00286. The van der Waals surface area contributed by atoms with Crippen molar-refractivity contribution in [3.63, 3.8) is 0 Å². The van der Waals surface area contributed by atoms with Gasteiger partial charge >= 0.3 is 0 Å². The molecule has 0 spiro atoms. The summed E-state index contributed by atoms with van der Waals surface area (Å²) in [5.74, 6) is 0.866. The van der Waals surface area contributed by atoms with Gasteiger partial charge in [0.1, 0.15) is 5.75 Å². The number of fused-ring (bicyclic) bond motifs is 1. The minimum Gasteiger partial charge on any atom is -0.494 e. The number of nitrogens with one attached hydrogen (secondary N) is 1. The summed E-state index contributed by atoms with van der Waals surface area (Å²) in [5, 5.41) is 3.02. The van der Waals surface area contributed by atoms with Gasteiger partial charge in [-0.3, -0.25) is 4.79 Å². The van der Waals surface area contributed by atoms with Crippen molar-refractivity contribution in [1.82, 2.24) is 5.32 Å². The van der Waals surface area contributed by atoms with Crippen LogP contribution in [0.5, 0.6) is 5.75 Å². The van der Waals surface area contributed by atoms with Gasteiger partial charge in [0.15, 0.2) is 0 Å². The van der Waals surface area contributed by atoms with E-state index in [9.17, 15) is 4.79 Å². The molecule has 3 heteroatoms. The lowest BCUT2D eigenvalue weighted by Crippen LogP contribution is -2.19. The average Bonchev–Trinajstić information content (AvgIpc) is 2.83. The minimum atomic E-state index is -0.0566. The van der Waals surface area contributed by atoms with E-state index in [1.807, 2.05) is 48.5 Å². The van der Waals surface area contributed by atoms with Gasteiger partial charge in [0.05, 0.1) is 12.6 Å². The molecule has 2 aromatic carbocycles. The predicted octanol–water partition coefficient (Wildman–Crippen LogP) is 3.31. The molecular weight excluding hydrogens is 250 g/mol. The third kappa shape index (κ3) is 2.27. The van der Waals surface area contributed by atoms with Crippen LogP contribution in [0.3, 0.4) is 0 Å². The number of benzene rings is 2. The Kier molecular flexibility index (Phi) is 3.42. The zero-order chi connectivity index (χ0) is 13.9. The standard InChI is InChI=1S/C17H17NO2/c1-2-11-20-13-9-7-12(8-10-13)16-14-5-3-4-6-15(14)17(19)18-16/h3-10,16H,2,11H2,1H3,(H,18,19). The summed E-state index contributed by atoms with van der Waals surface area (Å²) in [5.41, 5.74) is 2.88. The maximum atomic E-state index is 11.9. The summed E-state index contributed by atoms with van der Waals surface area (Å²) in [7, 11) is 0. The van der Waals surface area contributed by atoms with Gasteiger partial charge in [0.2, 0.25) is 0 Å². The molecule has 0 saturated heterocycles. The van der Waals surface area contributed by atoms with Crippen molar-refractivity contribution in [2.45, 2.75) is 19.4 Å². The predicted molar refractivity (Wildman–Crippen MR) is 78.0 cm³/mol. The van der Waals surface area contributed by atoms with Crippen LogP contribution in [-0.2, 0) is 0 Å². The summed E-state index contributed by atoms with van der Waals surface area (Å²) in [6.45, 7) is 2.81. The van der Waals surface area contributed by atoms with Crippen molar-refractivity contribution in [2.24, 2.45) is 0 Å². The SMILES string of the molecule is CCCOc1ccc(C2NC(=O)c3ccccc32)cc1. The fourth-order valence-electron chi connectivity index (χ4n) is 2.48. The molecule has 0 aromatic heterocycles. The van der Waals surface area contributed by atoms with E-state index in [0.29, 0.717) is 0 Å². The van der Waals surface area contributed by atoms with E-state index in [2.05, 4.69) is 12.2 Å². The van der Waals surface area contributed by atoms with E-state index in [0.717, 1.165) is 35.5 Å². The summed E-state index contributed by atoms with van der Waals surface area (Å²) in [6, 6.07) is 15.6. The number of ether oxygens (including phenoxy) is 1. The molecule has 1 N–H and O–H groups in total. The van der Waals surface area contributed by atoms with Crippen LogP contribution in [-0.4, -0.2) is 12.5 Å². The van der Waals surface area contributed by atoms with Crippen molar-refractivity contribution in [3.05, 3.63) is 65.2 Å². The topological polar surface area (TPSA) is 38.3 Å². The Morgan fingerprint density at radius 1 is 1.10 bits per heavy atom. The first-order chi connectivity index (χ1) is 9.79. The molecule has 0 saturated carbocycles. The van der Waals surface area contributed by atoms with Crippen LogP contribution in [0.15, 0.2) is 48.5 Å². The molecule has 1 atom stereocenters. The summed E-state index contributed by atoms with van der Waals surface area (Å²) < 4.78 is 5.58. The van der Waals surface area contributed by atoms with Gasteiger partial charge in [0.25, 0.3) is 5.91 Å². The molecule has 1 aliphatic rings. The normalized spacial score (nSPS) is 16.6. The van der Waals surface area contributed by atoms with Crippen LogP contribution in [0.25, 0.3) is 0 Å². The van der Waals surface area contributed by atoms with Crippen LogP contribution in [0, 0.1) is 0 Å². The van der Waals surface area contributed by atoms with Gasteiger partial charge in [-0.1, -0.05) is 37.3 Å². The number of carbonyl (C=O) groups is 1. The van der Waals surface area contributed by atoms with E-state index in [4.69, 9.17) is 4.74 Å². The van der Waals surface area contributed by atoms with Crippen molar-refractivity contribution in [1.29, 1.82) is 0 Å². The largest absolute Gasteiger partial charge is 0.494 e. The highest BCUT2D eigenvalue weighted by atomic mass is 16.5. The average molecular weight is 267 g/mol. The smallest absolute Gasteiger partial charge is 0.252 e. The molecule has 102 valence electrons. The van der Waals surface area contributed by atoms with Gasteiger partial charge in [-0.15, -0.1) is 0 Å². The van der Waals surface area contributed by atoms with Gasteiger partial charge in [0, 0.05) is 5.56 Å². The molecule has 0 fully saturated rings. The molecule has 0 aliphatic carbocycles. The number of hydrogen-bond donors (Lipinski definition) is 1. The molecule has 1 amide bonds. The van der Waals surface area contributed by atoms with Gasteiger partial charge in [-0.25, -0.2) is 0 Å². The summed E-state index contributed by atoms with van der Waals surface area (Å²) in [4.78, 5) is 11.9. The Morgan fingerprint density at radius 2 is 1.85 bits per heavy atom. The molecule has 3 nitrogen and oxygen atoms in total. The lowest BCUT2D eigenvalue weighted by atomic mass is 9.98. The van der Waals surface area contributed by atoms with Crippen molar-refractivity contribution >= 4 is 5.91 Å². The molecule has 0 radical (unpaired) electrons. The molecule has 3 rings (SSSR count). The van der Waals surface area contributed by atoms with Crippen molar-refractivity contribution in [3.8, 4) is 5.75 Å². The lowest BCUT2D eigenvalue weighted by molar-refractivity contribution is 0.0960. The highest BCUT2D eigenvalue weighted by Gasteiger charge is 2.28. The fourth-order valence-corrected chi connectivity index (χ4v) is 2.48. The third-order valence-electron chi connectivity index (χ3n) is 3.48. The Labute approximate surface area is 118 Å². The quantitative estimate of drug-likeness (QED) is 0.923. The van der Waals surface area contributed by atoms with E-state index < -0.39 is 0 Å². The van der Waals surface area contributed by atoms with Gasteiger partial charge in [-0.2, -0.15) is 0 Å². The first kappa shape index (κ1) is 12.7. The van der Waals surface area contributed by atoms with Gasteiger partial charge in [-0.05, 0) is 35.7 Å². The van der Waals surface area contributed by atoms with Crippen LogP contribution in [0.2, 0.25) is 0 Å². The molecule has 20 heavy (non-hydrogen) atoms. The summed E-state index contributed by atoms with van der Waals surface area (Å²) in [6.07, 6.45) is 0.994. The van der Waals surface area contributed by atoms with Gasteiger partial charge < -0.3 is 10.1 Å². The highest BCUT2D eigenvalue weighted by Crippen LogP contribution is 2.31.